The Hall–Kier alpha value is -2.70. The summed E-state index contributed by atoms with van der Waals surface area (Å²) in [5, 5.41) is 11.1. The molecule has 0 bridgehead atoms. The van der Waals surface area contributed by atoms with Gasteiger partial charge in [-0.15, -0.1) is 0 Å². The maximum Gasteiger partial charge on any atom is 0.382 e. The minimum absolute atomic E-state index is 0.226. The molecular weight excluding hydrogens is 276 g/mol. The Labute approximate surface area is 123 Å². The maximum atomic E-state index is 11.1. The summed E-state index contributed by atoms with van der Waals surface area (Å²) in [7, 11) is 6.01. The fourth-order valence-corrected chi connectivity index (χ4v) is 1.38. The van der Waals surface area contributed by atoms with Crippen LogP contribution in [-0.2, 0) is 0 Å². The van der Waals surface area contributed by atoms with Crippen molar-refractivity contribution in [2.24, 2.45) is 0 Å². The average molecular weight is 294 g/mol. The van der Waals surface area contributed by atoms with Crippen molar-refractivity contribution in [2.45, 2.75) is 0 Å². The second-order valence-corrected chi connectivity index (χ2v) is 3.63. The Bertz CT molecular complexity index is 521. The van der Waals surface area contributed by atoms with Gasteiger partial charge in [-0.25, -0.2) is 0 Å². The third-order valence-electron chi connectivity index (χ3n) is 2.41. The van der Waals surface area contributed by atoms with E-state index in [4.69, 9.17) is 18.9 Å². The zero-order valence-corrected chi connectivity index (χ0v) is 12.4. The lowest BCUT2D eigenvalue weighted by Gasteiger charge is -2.04. The van der Waals surface area contributed by atoms with Crippen LogP contribution in [0.25, 0.3) is 0 Å². The summed E-state index contributed by atoms with van der Waals surface area (Å²) >= 11 is 0. The molecule has 21 heavy (non-hydrogen) atoms. The molecule has 0 aromatic carbocycles. The van der Waals surface area contributed by atoms with Crippen LogP contribution in [-0.4, -0.2) is 33.4 Å². The smallest absolute Gasteiger partial charge is 0.382 e. The summed E-state index contributed by atoms with van der Waals surface area (Å²) in [6.45, 7) is 0. The predicted molar refractivity (Wildman–Crippen MR) is 75.8 cm³/mol. The number of methoxy groups -OCH3 is 4. The lowest BCUT2D eigenvalue weighted by Crippen LogP contribution is -2.30. The maximum absolute atomic E-state index is 11.1. The van der Waals surface area contributed by atoms with Crippen LogP contribution < -0.4 is 23.7 Å². The summed E-state index contributed by atoms with van der Waals surface area (Å²) in [6.07, 6.45) is 0. The zero-order chi connectivity index (χ0) is 15.7. The highest BCUT2D eigenvalue weighted by Crippen LogP contribution is 2.11. The molecule has 0 aliphatic carbocycles. The largest absolute Gasteiger partial charge is 0.613 e. The Balaban J connectivity index is 0.000000211. The van der Waals surface area contributed by atoms with Crippen molar-refractivity contribution in [3.05, 3.63) is 41.6 Å². The average Bonchev–Trinajstić information content (AvgIpc) is 2.55. The van der Waals surface area contributed by atoms with E-state index in [9.17, 15) is 5.21 Å². The predicted octanol–water partition coefficient (Wildman–Crippen LogP) is 1.44. The SMILES string of the molecule is COc1cccc(OC)[n+]1[O-].COc1cccc(OC)n1. The highest BCUT2D eigenvalue weighted by molar-refractivity contribution is 5.19. The molecule has 0 aliphatic heterocycles. The molecule has 7 nitrogen and oxygen atoms in total. The van der Waals surface area contributed by atoms with Gasteiger partial charge in [0.05, 0.1) is 40.6 Å². The molecule has 2 aromatic rings. The van der Waals surface area contributed by atoms with Crippen LogP contribution >= 0.6 is 0 Å². The van der Waals surface area contributed by atoms with Gasteiger partial charge < -0.3 is 24.2 Å². The van der Waals surface area contributed by atoms with Gasteiger partial charge in [-0.2, -0.15) is 4.98 Å². The summed E-state index contributed by atoms with van der Waals surface area (Å²) in [5.41, 5.74) is 0. The Morgan fingerprint density at radius 2 is 1.19 bits per heavy atom. The first-order valence-corrected chi connectivity index (χ1v) is 6.01. The molecule has 7 heteroatoms. The molecule has 0 saturated carbocycles. The number of hydrogen-bond donors (Lipinski definition) is 0. The summed E-state index contributed by atoms with van der Waals surface area (Å²) < 4.78 is 19.8. The van der Waals surface area contributed by atoms with E-state index in [1.807, 2.05) is 6.07 Å². The number of ether oxygens (including phenoxy) is 4. The van der Waals surface area contributed by atoms with E-state index in [1.54, 1.807) is 44.6 Å². The number of aromatic nitrogens is 2. The number of rotatable bonds is 4. The van der Waals surface area contributed by atoms with Gasteiger partial charge in [0.25, 0.3) is 0 Å². The summed E-state index contributed by atoms with van der Waals surface area (Å²) in [4.78, 5) is 3.97. The van der Waals surface area contributed by atoms with E-state index in [-0.39, 0.29) is 11.8 Å². The van der Waals surface area contributed by atoms with E-state index < -0.39 is 0 Å². The summed E-state index contributed by atoms with van der Waals surface area (Å²) in [6, 6.07) is 10.2. The standard InChI is InChI=1S/C7H9NO3.C7H9NO2/c1-10-6-4-3-5-7(11-2)8(6)9;1-9-6-4-3-5-7(8-6)10-2/h3-5H,1-2H3;3-5H,1-2H3. The topological polar surface area (TPSA) is 76.8 Å². The second kappa shape index (κ2) is 8.47. The molecule has 114 valence electrons. The molecule has 0 spiro atoms. The van der Waals surface area contributed by atoms with Crippen molar-refractivity contribution >= 4 is 0 Å². The van der Waals surface area contributed by atoms with Crippen molar-refractivity contribution < 1.29 is 23.7 Å². The first kappa shape index (κ1) is 16.4. The molecule has 0 atom stereocenters. The molecule has 2 aromatic heterocycles. The molecule has 0 fully saturated rings. The minimum Gasteiger partial charge on any atom is -0.613 e. The van der Waals surface area contributed by atoms with Gasteiger partial charge in [0, 0.05) is 12.1 Å². The third kappa shape index (κ3) is 4.72. The van der Waals surface area contributed by atoms with Gasteiger partial charge >= 0.3 is 11.8 Å². The van der Waals surface area contributed by atoms with Crippen LogP contribution in [0.4, 0.5) is 0 Å². The minimum atomic E-state index is 0.226. The Morgan fingerprint density at radius 3 is 1.57 bits per heavy atom. The molecular formula is C14H18N2O5. The molecule has 0 unspecified atom stereocenters. The normalized spacial score (nSPS) is 9.14. The van der Waals surface area contributed by atoms with Crippen molar-refractivity contribution in [2.75, 3.05) is 28.4 Å². The molecule has 2 heterocycles. The van der Waals surface area contributed by atoms with Gasteiger partial charge in [0.15, 0.2) is 0 Å². The van der Waals surface area contributed by atoms with Crippen molar-refractivity contribution in [3.63, 3.8) is 0 Å². The van der Waals surface area contributed by atoms with Crippen molar-refractivity contribution in [3.8, 4) is 23.5 Å². The van der Waals surface area contributed by atoms with Gasteiger partial charge in [-0.3, -0.25) is 0 Å². The molecule has 0 saturated heterocycles. The van der Waals surface area contributed by atoms with Crippen molar-refractivity contribution in [1.82, 2.24) is 4.98 Å². The number of pyridine rings is 2. The molecule has 2 rings (SSSR count). The second-order valence-electron chi connectivity index (χ2n) is 3.63. The highest BCUT2D eigenvalue weighted by atomic mass is 16.6. The van der Waals surface area contributed by atoms with E-state index in [1.165, 1.54) is 14.2 Å². The number of nitrogens with zero attached hydrogens (tertiary/aromatic N) is 2. The molecule has 0 radical (unpaired) electrons. The first-order chi connectivity index (χ1) is 10.2. The number of hydrogen-bond acceptors (Lipinski definition) is 6. The molecule has 0 aliphatic rings. The van der Waals surface area contributed by atoms with Gasteiger partial charge in [-0.1, -0.05) is 10.8 Å². The fraction of sp³-hybridized carbons (Fsp3) is 0.286. The van der Waals surface area contributed by atoms with Crippen LogP contribution in [0, 0.1) is 5.21 Å². The van der Waals surface area contributed by atoms with Crippen LogP contribution in [0.5, 0.6) is 23.5 Å². The van der Waals surface area contributed by atoms with E-state index in [0.717, 1.165) is 0 Å². The van der Waals surface area contributed by atoms with Crippen LogP contribution in [0.3, 0.4) is 0 Å². The van der Waals surface area contributed by atoms with E-state index in [2.05, 4.69) is 4.98 Å². The monoisotopic (exact) mass is 294 g/mol. The van der Waals surface area contributed by atoms with Gasteiger partial charge in [0.2, 0.25) is 11.8 Å². The van der Waals surface area contributed by atoms with Gasteiger partial charge in [0.1, 0.15) is 0 Å². The van der Waals surface area contributed by atoms with Crippen LogP contribution in [0.1, 0.15) is 0 Å². The quantitative estimate of drug-likeness (QED) is 0.627. The lowest BCUT2D eigenvalue weighted by molar-refractivity contribution is -0.618. The Morgan fingerprint density at radius 1 is 0.762 bits per heavy atom. The highest BCUT2D eigenvalue weighted by Gasteiger charge is 2.09. The molecule has 0 amide bonds. The Kier molecular flexibility index (Phi) is 6.59. The van der Waals surface area contributed by atoms with Crippen molar-refractivity contribution in [1.29, 1.82) is 0 Å². The third-order valence-corrected chi connectivity index (χ3v) is 2.41. The zero-order valence-electron chi connectivity index (χ0n) is 12.4. The fourth-order valence-electron chi connectivity index (χ4n) is 1.38. The van der Waals surface area contributed by atoms with E-state index in [0.29, 0.717) is 16.5 Å². The van der Waals surface area contributed by atoms with Gasteiger partial charge in [-0.05, 0) is 6.07 Å². The van der Waals surface area contributed by atoms with Crippen LogP contribution in [0.2, 0.25) is 0 Å². The van der Waals surface area contributed by atoms with E-state index >= 15 is 0 Å². The lowest BCUT2D eigenvalue weighted by atomic mass is 10.5. The summed E-state index contributed by atoms with van der Waals surface area (Å²) in [5.74, 6) is 1.59. The van der Waals surface area contributed by atoms with Crippen LogP contribution in [0.15, 0.2) is 36.4 Å². The molecule has 0 N–H and O–H groups in total. The first-order valence-electron chi connectivity index (χ1n) is 6.01.